The fourth-order valence-electron chi connectivity index (χ4n) is 1.15. The molecular formula is C10H17NO4. The van der Waals surface area contributed by atoms with Crippen molar-refractivity contribution in [2.24, 2.45) is 0 Å². The molecule has 0 rings (SSSR count). The Morgan fingerprint density at radius 2 is 2.13 bits per heavy atom. The molecule has 0 aromatic carbocycles. The van der Waals surface area contributed by atoms with Gasteiger partial charge in [-0.2, -0.15) is 0 Å². The Hall–Kier alpha value is -1.32. The molecule has 0 amide bonds. The summed E-state index contributed by atoms with van der Waals surface area (Å²) in [6.07, 6.45) is 1.91. The van der Waals surface area contributed by atoms with Crippen molar-refractivity contribution in [2.45, 2.75) is 38.7 Å². The molecule has 0 heterocycles. The predicted molar refractivity (Wildman–Crippen MR) is 55.0 cm³/mol. The SMILES string of the molecule is CCCC(O)CCC(=C=O)NCC(=O)O. The molecule has 0 saturated carbocycles. The van der Waals surface area contributed by atoms with Gasteiger partial charge in [-0.15, -0.1) is 0 Å². The van der Waals surface area contributed by atoms with E-state index in [0.29, 0.717) is 19.3 Å². The van der Waals surface area contributed by atoms with Crippen LogP contribution in [0.1, 0.15) is 32.6 Å². The molecule has 0 spiro atoms. The number of carbonyl (C=O) groups is 1. The van der Waals surface area contributed by atoms with Crippen molar-refractivity contribution >= 4 is 11.9 Å². The first kappa shape index (κ1) is 13.7. The molecule has 0 aromatic heterocycles. The molecule has 5 heteroatoms. The van der Waals surface area contributed by atoms with Crippen LogP contribution in [0.5, 0.6) is 0 Å². The number of aliphatic hydroxyl groups excluding tert-OH is 1. The quantitative estimate of drug-likeness (QED) is 0.507. The van der Waals surface area contributed by atoms with E-state index in [0.717, 1.165) is 6.42 Å². The van der Waals surface area contributed by atoms with Crippen molar-refractivity contribution in [3.63, 3.8) is 0 Å². The van der Waals surface area contributed by atoms with E-state index < -0.39 is 12.1 Å². The number of carboxylic acids is 1. The lowest BCUT2D eigenvalue weighted by molar-refractivity contribution is -0.135. The summed E-state index contributed by atoms with van der Waals surface area (Å²) in [5, 5.41) is 20.2. The van der Waals surface area contributed by atoms with E-state index in [-0.39, 0.29) is 12.2 Å². The second kappa shape index (κ2) is 8.03. The molecule has 0 aliphatic heterocycles. The highest BCUT2D eigenvalue weighted by Crippen LogP contribution is 2.07. The van der Waals surface area contributed by atoms with Crippen LogP contribution in [0.15, 0.2) is 5.70 Å². The van der Waals surface area contributed by atoms with Crippen molar-refractivity contribution in [2.75, 3.05) is 6.54 Å². The highest BCUT2D eigenvalue weighted by Gasteiger charge is 2.06. The van der Waals surface area contributed by atoms with Crippen LogP contribution in [0.4, 0.5) is 0 Å². The average molecular weight is 215 g/mol. The number of aliphatic hydroxyl groups is 1. The van der Waals surface area contributed by atoms with Gasteiger partial charge in [0.25, 0.3) is 0 Å². The minimum absolute atomic E-state index is 0.201. The summed E-state index contributed by atoms with van der Waals surface area (Å²) >= 11 is 0. The van der Waals surface area contributed by atoms with Crippen LogP contribution in [0.25, 0.3) is 0 Å². The third-order valence-electron chi connectivity index (χ3n) is 1.93. The standard InChI is InChI=1S/C10H17NO4/c1-2-3-9(13)5-4-8(7-12)11-6-10(14)15/h9,11,13H,2-6H2,1H3,(H,14,15). The van der Waals surface area contributed by atoms with Crippen LogP contribution in [-0.2, 0) is 9.59 Å². The van der Waals surface area contributed by atoms with E-state index >= 15 is 0 Å². The van der Waals surface area contributed by atoms with Crippen molar-refractivity contribution in [1.82, 2.24) is 5.32 Å². The summed E-state index contributed by atoms with van der Waals surface area (Å²) in [5.41, 5.74) is 0.201. The Morgan fingerprint density at radius 1 is 1.47 bits per heavy atom. The van der Waals surface area contributed by atoms with Crippen molar-refractivity contribution in [1.29, 1.82) is 0 Å². The summed E-state index contributed by atoms with van der Waals surface area (Å²) in [4.78, 5) is 20.6. The molecule has 3 N–H and O–H groups in total. The normalized spacial score (nSPS) is 11.6. The van der Waals surface area contributed by atoms with Gasteiger partial charge < -0.3 is 15.5 Å². The first-order chi connectivity index (χ1) is 7.10. The number of carbonyl (C=O) groups excluding carboxylic acids is 1. The minimum atomic E-state index is -1.03. The molecule has 15 heavy (non-hydrogen) atoms. The molecule has 1 atom stereocenters. The lowest BCUT2D eigenvalue weighted by Gasteiger charge is -2.09. The molecule has 0 aromatic rings. The highest BCUT2D eigenvalue weighted by molar-refractivity contribution is 5.70. The lowest BCUT2D eigenvalue weighted by atomic mass is 10.1. The fourth-order valence-corrected chi connectivity index (χ4v) is 1.15. The molecule has 86 valence electrons. The molecule has 0 fully saturated rings. The summed E-state index contributed by atoms with van der Waals surface area (Å²) in [7, 11) is 0. The van der Waals surface area contributed by atoms with Crippen LogP contribution in [0, 0.1) is 0 Å². The van der Waals surface area contributed by atoms with Gasteiger partial charge in [-0.05, 0) is 12.8 Å². The average Bonchev–Trinajstić information content (AvgIpc) is 2.18. The maximum absolute atomic E-state index is 10.4. The minimum Gasteiger partial charge on any atom is -0.480 e. The van der Waals surface area contributed by atoms with Gasteiger partial charge in [-0.25, -0.2) is 4.79 Å². The zero-order valence-electron chi connectivity index (χ0n) is 8.82. The number of aliphatic carboxylic acids is 1. The van der Waals surface area contributed by atoms with E-state index in [1.165, 1.54) is 0 Å². The summed E-state index contributed by atoms with van der Waals surface area (Å²) < 4.78 is 0. The third kappa shape index (κ3) is 7.73. The summed E-state index contributed by atoms with van der Waals surface area (Å²) in [6.45, 7) is 1.66. The smallest absolute Gasteiger partial charge is 0.322 e. The third-order valence-corrected chi connectivity index (χ3v) is 1.93. The molecule has 1 unspecified atom stereocenters. The highest BCUT2D eigenvalue weighted by atomic mass is 16.4. The predicted octanol–water partition coefficient (Wildman–Crippen LogP) is 0.317. The molecule has 0 radical (unpaired) electrons. The van der Waals surface area contributed by atoms with Crippen LogP contribution in [-0.4, -0.2) is 34.8 Å². The van der Waals surface area contributed by atoms with E-state index in [1.807, 2.05) is 6.92 Å². The van der Waals surface area contributed by atoms with Gasteiger partial charge in [0.05, 0.1) is 11.8 Å². The monoisotopic (exact) mass is 215 g/mol. The molecule has 0 bridgehead atoms. The van der Waals surface area contributed by atoms with Crippen LogP contribution < -0.4 is 5.32 Å². The Labute approximate surface area is 88.8 Å². The van der Waals surface area contributed by atoms with Gasteiger partial charge >= 0.3 is 5.97 Å². The molecule has 5 nitrogen and oxygen atoms in total. The van der Waals surface area contributed by atoms with Gasteiger partial charge in [0, 0.05) is 6.42 Å². The van der Waals surface area contributed by atoms with Gasteiger partial charge in [-0.3, -0.25) is 4.79 Å². The first-order valence-corrected chi connectivity index (χ1v) is 4.97. The second-order valence-electron chi connectivity index (χ2n) is 3.31. The van der Waals surface area contributed by atoms with Crippen molar-refractivity contribution in [3.8, 4) is 0 Å². The Bertz CT molecular complexity index is 246. The lowest BCUT2D eigenvalue weighted by Crippen LogP contribution is -2.23. The molecule has 0 aliphatic carbocycles. The Morgan fingerprint density at radius 3 is 2.60 bits per heavy atom. The number of allylic oxidation sites excluding steroid dienone is 1. The maximum Gasteiger partial charge on any atom is 0.322 e. The molecular weight excluding hydrogens is 198 g/mol. The van der Waals surface area contributed by atoms with Gasteiger partial charge in [0.15, 0.2) is 0 Å². The maximum atomic E-state index is 10.4. The Balaban J connectivity index is 3.81. The number of hydrogen-bond donors (Lipinski definition) is 3. The fraction of sp³-hybridized carbons (Fsp3) is 0.700. The summed E-state index contributed by atoms with van der Waals surface area (Å²) in [6, 6.07) is 0. The number of hydrogen-bond acceptors (Lipinski definition) is 4. The second-order valence-corrected chi connectivity index (χ2v) is 3.31. The van der Waals surface area contributed by atoms with E-state index in [4.69, 9.17) is 5.11 Å². The first-order valence-electron chi connectivity index (χ1n) is 4.97. The molecule has 0 aliphatic rings. The molecule has 0 saturated heterocycles. The Kier molecular flexibility index (Phi) is 7.32. The largest absolute Gasteiger partial charge is 0.480 e. The van der Waals surface area contributed by atoms with Crippen molar-refractivity contribution in [3.05, 3.63) is 5.70 Å². The number of rotatable bonds is 8. The van der Waals surface area contributed by atoms with Gasteiger partial charge in [-0.1, -0.05) is 13.3 Å². The number of nitrogens with one attached hydrogen (secondary N) is 1. The van der Waals surface area contributed by atoms with E-state index in [1.54, 1.807) is 5.94 Å². The zero-order chi connectivity index (χ0) is 11.7. The van der Waals surface area contributed by atoms with E-state index in [9.17, 15) is 14.7 Å². The van der Waals surface area contributed by atoms with Gasteiger partial charge in [0.2, 0.25) is 0 Å². The number of carboxylic acid groups (broad SMARTS) is 1. The van der Waals surface area contributed by atoms with Crippen LogP contribution in [0.2, 0.25) is 0 Å². The van der Waals surface area contributed by atoms with Crippen LogP contribution in [0.3, 0.4) is 0 Å². The zero-order valence-corrected chi connectivity index (χ0v) is 8.82. The topological polar surface area (TPSA) is 86.6 Å². The van der Waals surface area contributed by atoms with Gasteiger partial charge in [0.1, 0.15) is 12.5 Å². The van der Waals surface area contributed by atoms with Crippen LogP contribution >= 0.6 is 0 Å². The summed E-state index contributed by atoms with van der Waals surface area (Å²) in [5.74, 6) is 0.605. The van der Waals surface area contributed by atoms with Crippen molar-refractivity contribution < 1.29 is 19.8 Å². The van der Waals surface area contributed by atoms with E-state index in [2.05, 4.69) is 5.32 Å².